The maximum Gasteiger partial charge on any atom is 0.573 e. The maximum atomic E-state index is 12.0. The van der Waals surface area contributed by atoms with Crippen molar-refractivity contribution in [3.8, 4) is 5.75 Å². The number of carbonyl (C=O) groups excluding carboxylic acids is 1. The van der Waals surface area contributed by atoms with E-state index in [0.29, 0.717) is 11.3 Å². The summed E-state index contributed by atoms with van der Waals surface area (Å²) in [5.74, 6) is -0.595. The van der Waals surface area contributed by atoms with Gasteiger partial charge in [0.15, 0.2) is 12.4 Å². The first kappa shape index (κ1) is 18.0. The van der Waals surface area contributed by atoms with Gasteiger partial charge in [0, 0.05) is 23.4 Å². The largest absolute Gasteiger partial charge is 1.00 e. The van der Waals surface area contributed by atoms with E-state index >= 15 is 0 Å². The molecule has 0 unspecified atom stereocenters. The Morgan fingerprint density at radius 1 is 1.09 bits per heavy atom. The zero-order chi connectivity index (χ0) is 15.5. The van der Waals surface area contributed by atoms with Gasteiger partial charge in [0.1, 0.15) is 5.75 Å². The lowest BCUT2D eigenvalue weighted by molar-refractivity contribution is -0.683. The number of nitrogens with two attached hydrogens (primary N) is 1. The van der Waals surface area contributed by atoms with E-state index in [0.717, 1.165) is 12.1 Å². The molecule has 2 rings (SSSR count). The topological polar surface area (TPSA) is 56.2 Å². The Balaban J connectivity index is 0.00000242. The Morgan fingerprint density at radius 3 is 2.14 bits per heavy atom. The Hall–Kier alpha value is -2.09. The fourth-order valence-electron chi connectivity index (χ4n) is 1.67. The van der Waals surface area contributed by atoms with Crippen molar-refractivity contribution in [2.45, 2.75) is 12.9 Å². The molecule has 0 spiro atoms. The first-order valence-electron chi connectivity index (χ1n) is 5.97. The maximum absolute atomic E-state index is 12.0. The molecule has 2 N–H and O–H groups in total. The quantitative estimate of drug-likeness (QED) is 0.569. The minimum Gasteiger partial charge on any atom is -1.00 e. The highest BCUT2D eigenvalue weighted by atomic mass is 79.9. The summed E-state index contributed by atoms with van der Waals surface area (Å²) in [5.41, 5.74) is 6.41. The van der Waals surface area contributed by atoms with E-state index in [-0.39, 0.29) is 35.1 Å². The molecule has 0 aliphatic carbocycles. The SMILES string of the molecule is Nc1cc[n+](CC(=O)c2ccc(OC(F)(F)F)cc2)cc1.[Br-]. The number of nitrogen functional groups attached to an aromatic ring is 1. The van der Waals surface area contributed by atoms with Gasteiger partial charge in [-0.05, 0) is 24.3 Å². The second-order valence-electron chi connectivity index (χ2n) is 4.30. The third-order valence-corrected chi connectivity index (χ3v) is 2.65. The normalized spacial score (nSPS) is 10.7. The standard InChI is InChI=1S/C14H11F3N2O2.BrH/c15-14(16,17)21-12-3-1-10(2-4-12)13(20)9-19-7-5-11(18)6-8-19;/h1-8,18H,9H2;1H. The number of benzene rings is 1. The van der Waals surface area contributed by atoms with Gasteiger partial charge in [-0.15, -0.1) is 13.2 Å². The van der Waals surface area contributed by atoms with Crippen molar-refractivity contribution in [1.29, 1.82) is 0 Å². The molecule has 1 heterocycles. The van der Waals surface area contributed by atoms with Crippen molar-refractivity contribution in [3.63, 3.8) is 0 Å². The van der Waals surface area contributed by atoms with E-state index in [1.54, 1.807) is 29.1 Å². The number of ketones is 1. The van der Waals surface area contributed by atoms with E-state index < -0.39 is 6.36 Å². The van der Waals surface area contributed by atoms with Crippen molar-refractivity contribution in [3.05, 3.63) is 54.4 Å². The fourth-order valence-corrected chi connectivity index (χ4v) is 1.67. The molecule has 8 heteroatoms. The highest BCUT2D eigenvalue weighted by molar-refractivity contribution is 5.95. The summed E-state index contributed by atoms with van der Waals surface area (Å²) >= 11 is 0. The monoisotopic (exact) mass is 376 g/mol. The number of rotatable bonds is 4. The van der Waals surface area contributed by atoms with Gasteiger partial charge in [0.2, 0.25) is 12.3 Å². The Labute approximate surface area is 135 Å². The fraction of sp³-hybridized carbons (Fsp3) is 0.143. The molecule has 22 heavy (non-hydrogen) atoms. The van der Waals surface area contributed by atoms with Crippen molar-refractivity contribution in [2.24, 2.45) is 0 Å². The number of anilines is 1. The molecule has 0 amide bonds. The van der Waals surface area contributed by atoms with Crippen LogP contribution in [0.3, 0.4) is 0 Å². The predicted molar refractivity (Wildman–Crippen MR) is 68.5 cm³/mol. The molecule has 2 aromatic rings. The molecule has 0 bridgehead atoms. The van der Waals surface area contributed by atoms with Crippen molar-refractivity contribution >= 4 is 11.5 Å². The minimum atomic E-state index is -4.74. The minimum absolute atomic E-state index is 0. The van der Waals surface area contributed by atoms with Crippen molar-refractivity contribution in [1.82, 2.24) is 0 Å². The molecule has 0 aliphatic heterocycles. The molecule has 0 saturated heterocycles. The lowest BCUT2D eigenvalue weighted by Crippen LogP contribution is -3.00. The van der Waals surface area contributed by atoms with Gasteiger partial charge in [-0.3, -0.25) is 4.79 Å². The lowest BCUT2D eigenvalue weighted by atomic mass is 10.1. The number of hydrogen-bond acceptors (Lipinski definition) is 3. The number of carbonyl (C=O) groups is 1. The number of nitrogens with zero attached hydrogens (tertiary/aromatic N) is 1. The van der Waals surface area contributed by atoms with E-state index in [4.69, 9.17) is 5.73 Å². The number of Topliss-reactive ketones (excluding diaryl/α,β-unsaturated/α-hetero) is 1. The summed E-state index contributed by atoms with van der Waals surface area (Å²) < 4.78 is 41.4. The van der Waals surface area contributed by atoms with Crippen molar-refractivity contribution < 1.29 is 44.3 Å². The summed E-state index contributed by atoms with van der Waals surface area (Å²) in [5, 5.41) is 0. The van der Waals surface area contributed by atoms with Crippen LogP contribution in [-0.2, 0) is 6.54 Å². The van der Waals surface area contributed by atoms with Crippen LogP contribution in [0.4, 0.5) is 18.9 Å². The van der Waals surface area contributed by atoms with Crippen LogP contribution in [0.5, 0.6) is 5.75 Å². The van der Waals surface area contributed by atoms with Crippen LogP contribution in [0.15, 0.2) is 48.8 Å². The second kappa shape index (κ2) is 7.26. The number of pyridine rings is 1. The average Bonchev–Trinajstić information content (AvgIpc) is 2.40. The van der Waals surface area contributed by atoms with Crippen LogP contribution in [-0.4, -0.2) is 12.1 Å². The van der Waals surface area contributed by atoms with Crippen LogP contribution in [0, 0.1) is 0 Å². The number of alkyl halides is 3. The molecule has 0 atom stereocenters. The second-order valence-corrected chi connectivity index (χ2v) is 4.30. The molecule has 0 radical (unpaired) electrons. The van der Waals surface area contributed by atoms with Gasteiger partial charge in [0.05, 0.1) is 0 Å². The molecule has 4 nitrogen and oxygen atoms in total. The number of ether oxygens (including phenoxy) is 1. The van der Waals surface area contributed by atoms with Gasteiger partial charge in [-0.2, -0.15) is 4.57 Å². The summed E-state index contributed by atoms with van der Waals surface area (Å²) in [4.78, 5) is 12.0. The van der Waals surface area contributed by atoms with Crippen LogP contribution < -0.4 is 32.0 Å². The number of hydrogen-bond donors (Lipinski definition) is 1. The Bertz CT molecular complexity index is 628. The molecule has 1 aromatic heterocycles. The Morgan fingerprint density at radius 2 is 1.64 bits per heavy atom. The molecule has 0 fully saturated rings. The van der Waals surface area contributed by atoms with E-state index in [9.17, 15) is 18.0 Å². The molecule has 0 saturated carbocycles. The van der Waals surface area contributed by atoms with Gasteiger partial charge in [0.25, 0.3) is 0 Å². The third-order valence-electron chi connectivity index (χ3n) is 2.65. The van der Waals surface area contributed by atoms with Crippen molar-refractivity contribution in [2.75, 3.05) is 5.73 Å². The Kier molecular flexibility index (Phi) is 5.92. The van der Waals surface area contributed by atoms with Crippen LogP contribution in [0.25, 0.3) is 0 Å². The zero-order valence-electron chi connectivity index (χ0n) is 11.2. The van der Waals surface area contributed by atoms with E-state index in [1.165, 1.54) is 12.1 Å². The first-order chi connectivity index (χ1) is 9.83. The van der Waals surface area contributed by atoms with Gasteiger partial charge in [-0.25, -0.2) is 0 Å². The van der Waals surface area contributed by atoms with Crippen LogP contribution in [0.2, 0.25) is 0 Å². The highest BCUT2D eigenvalue weighted by Gasteiger charge is 2.31. The van der Waals surface area contributed by atoms with Gasteiger partial charge >= 0.3 is 6.36 Å². The number of aromatic nitrogens is 1. The molecule has 0 aliphatic rings. The molecular formula is C14H12BrF3N2O2. The summed E-state index contributed by atoms with van der Waals surface area (Å²) in [7, 11) is 0. The van der Waals surface area contributed by atoms with Crippen LogP contribution in [0.1, 0.15) is 10.4 Å². The summed E-state index contributed by atoms with van der Waals surface area (Å²) in [6, 6.07) is 8.09. The van der Waals surface area contributed by atoms with Gasteiger partial charge < -0.3 is 27.5 Å². The molecule has 1 aromatic carbocycles. The lowest BCUT2D eigenvalue weighted by Gasteiger charge is -2.08. The number of halogens is 4. The van der Waals surface area contributed by atoms with Crippen LogP contribution >= 0.6 is 0 Å². The predicted octanol–water partition coefficient (Wildman–Crippen LogP) is -0.658. The zero-order valence-corrected chi connectivity index (χ0v) is 12.8. The first-order valence-corrected chi connectivity index (χ1v) is 5.97. The smallest absolute Gasteiger partial charge is 0.573 e. The highest BCUT2D eigenvalue weighted by Crippen LogP contribution is 2.22. The molecule has 118 valence electrons. The molecular weight excluding hydrogens is 365 g/mol. The average molecular weight is 377 g/mol. The van der Waals surface area contributed by atoms with Gasteiger partial charge in [-0.1, -0.05) is 0 Å². The van der Waals surface area contributed by atoms with E-state index in [2.05, 4.69) is 4.74 Å². The summed E-state index contributed by atoms with van der Waals surface area (Å²) in [6.45, 7) is 0.0692. The summed E-state index contributed by atoms with van der Waals surface area (Å²) in [6.07, 6.45) is -1.45. The van der Waals surface area contributed by atoms with E-state index in [1.807, 2.05) is 0 Å². The third kappa shape index (κ3) is 5.36.